The van der Waals surface area contributed by atoms with Gasteiger partial charge in [0.05, 0.1) is 0 Å². The average Bonchev–Trinajstić information content (AvgIpc) is 2.30. The third kappa shape index (κ3) is 6.01. The number of unbranched alkanes of at least 4 members (excludes halogenated alkanes) is 4. The van der Waals surface area contributed by atoms with Gasteiger partial charge < -0.3 is 10.4 Å². The zero-order chi connectivity index (χ0) is 11.6. The van der Waals surface area contributed by atoms with Crippen molar-refractivity contribution in [1.82, 2.24) is 0 Å². The summed E-state index contributed by atoms with van der Waals surface area (Å²) in [6.07, 6.45) is 6.43. The Morgan fingerprint density at radius 2 is 1.56 bits per heavy atom. The van der Waals surface area contributed by atoms with Crippen LogP contribution >= 0.6 is 15.9 Å². The Balaban J connectivity index is 2.01. The number of phenolic OH excluding ortho intramolecular Hbond substituents is 1. The molecule has 0 aliphatic carbocycles. The normalized spacial score (nSPS) is 10.3. The Kier molecular flexibility index (Phi) is 7.06. The van der Waals surface area contributed by atoms with Crippen molar-refractivity contribution in [2.45, 2.75) is 32.1 Å². The van der Waals surface area contributed by atoms with Gasteiger partial charge in [-0.2, -0.15) is 0 Å². The number of hydrogen-bond donors (Lipinski definition) is 2. The number of nitrogens with one attached hydrogen (secondary N) is 1. The van der Waals surface area contributed by atoms with E-state index in [-0.39, 0.29) is 0 Å². The Morgan fingerprint density at radius 1 is 0.938 bits per heavy atom. The lowest BCUT2D eigenvalue weighted by Crippen LogP contribution is -2.00. The maximum absolute atomic E-state index is 9.12. The molecule has 0 saturated carbocycles. The van der Waals surface area contributed by atoms with Gasteiger partial charge in [0, 0.05) is 17.6 Å². The van der Waals surface area contributed by atoms with Crippen LogP contribution in [0.15, 0.2) is 24.3 Å². The van der Waals surface area contributed by atoms with Gasteiger partial charge in [-0.05, 0) is 37.1 Å². The number of halogens is 1. The molecule has 0 fully saturated rings. The number of hydrogen-bond acceptors (Lipinski definition) is 2. The minimum Gasteiger partial charge on any atom is -0.508 e. The predicted molar refractivity (Wildman–Crippen MR) is 73.5 cm³/mol. The zero-order valence-corrected chi connectivity index (χ0v) is 11.2. The molecule has 0 aromatic heterocycles. The van der Waals surface area contributed by atoms with Crippen molar-refractivity contribution in [3.05, 3.63) is 24.3 Å². The molecule has 2 nitrogen and oxygen atoms in total. The molecule has 3 heteroatoms. The van der Waals surface area contributed by atoms with Crippen LogP contribution in [0.1, 0.15) is 32.1 Å². The molecule has 0 heterocycles. The Hall–Kier alpha value is -0.700. The molecular weight excluding hydrogens is 266 g/mol. The van der Waals surface area contributed by atoms with Gasteiger partial charge >= 0.3 is 0 Å². The standard InChI is InChI=1S/C13H20BrNO/c14-10-4-2-1-3-5-11-15-12-6-8-13(16)9-7-12/h6-9,15-16H,1-5,10-11H2. The number of alkyl halides is 1. The quantitative estimate of drug-likeness (QED) is 0.427. The predicted octanol–water partition coefficient (Wildman–Crippen LogP) is 4.15. The van der Waals surface area contributed by atoms with Gasteiger partial charge in [-0.15, -0.1) is 0 Å². The number of rotatable bonds is 8. The maximum atomic E-state index is 9.12. The average molecular weight is 286 g/mol. The maximum Gasteiger partial charge on any atom is 0.115 e. The van der Waals surface area contributed by atoms with Crippen molar-refractivity contribution >= 4 is 21.6 Å². The molecule has 1 aromatic carbocycles. The molecule has 0 amide bonds. The van der Waals surface area contributed by atoms with Crippen LogP contribution in [-0.2, 0) is 0 Å². The molecule has 2 N–H and O–H groups in total. The van der Waals surface area contributed by atoms with Gasteiger partial charge in [0.2, 0.25) is 0 Å². The third-order valence-electron chi connectivity index (χ3n) is 2.51. The summed E-state index contributed by atoms with van der Waals surface area (Å²) in [6.45, 7) is 1.01. The van der Waals surface area contributed by atoms with E-state index in [1.807, 2.05) is 12.1 Å². The molecule has 0 saturated heterocycles. The first-order chi connectivity index (χ1) is 7.83. The van der Waals surface area contributed by atoms with Gasteiger partial charge in [0.1, 0.15) is 5.75 Å². The summed E-state index contributed by atoms with van der Waals surface area (Å²) in [6, 6.07) is 7.22. The van der Waals surface area contributed by atoms with Crippen LogP contribution in [0.4, 0.5) is 5.69 Å². The molecule has 1 rings (SSSR count). The topological polar surface area (TPSA) is 32.3 Å². The molecule has 90 valence electrons. The fourth-order valence-corrected chi connectivity index (χ4v) is 1.96. The highest BCUT2D eigenvalue weighted by molar-refractivity contribution is 9.09. The molecule has 16 heavy (non-hydrogen) atoms. The zero-order valence-electron chi connectivity index (χ0n) is 9.58. The van der Waals surface area contributed by atoms with E-state index in [0.717, 1.165) is 17.6 Å². The van der Waals surface area contributed by atoms with E-state index in [1.165, 1.54) is 32.1 Å². The molecule has 0 unspecified atom stereocenters. The number of benzene rings is 1. The summed E-state index contributed by atoms with van der Waals surface area (Å²) in [7, 11) is 0. The summed E-state index contributed by atoms with van der Waals surface area (Å²) in [5.41, 5.74) is 1.08. The Labute approximate surface area is 106 Å². The van der Waals surface area contributed by atoms with Crippen molar-refractivity contribution in [3.8, 4) is 5.75 Å². The van der Waals surface area contributed by atoms with E-state index < -0.39 is 0 Å². The summed E-state index contributed by atoms with van der Waals surface area (Å²) in [4.78, 5) is 0. The largest absolute Gasteiger partial charge is 0.508 e. The first kappa shape index (κ1) is 13.4. The van der Waals surface area contributed by atoms with Crippen LogP contribution in [0.2, 0.25) is 0 Å². The van der Waals surface area contributed by atoms with E-state index >= 15 is 0 Å². The van der Waals surface area contributed by atoms with Crippen molar-refractivity contribution in [2.75, 3.05) is 17.2 Å². The van der Waals surface area contributed by atoms with Gasteiger partial charge in [-0.25, -0.2) is 0 Å². The lowest BCUT2D eigenvalue weighted by molar-refractivity contribution is 0.475. The van der Waals surface area contributed by atoms with Crippen LogP contribution in [0.25, 0.3) is 0 Å². The van der Waals surface area contributed by atoms with Crippen LogP contribution in [0.5, 0.6) is 5.75 Å². The number of phenols is 1. The summed E-state index contributed by atoms with van der Waals surface area (Å²) in [5.74, 6) is 0.320. The van der Waals surface area contributed by atoms with Crippen LogP contribution < -0.4 is 5.32 Å². The first-order valence-corrected chi connectivity index (χ1v) is 7.04. The van der Waals surface area contributed by atoms with Crippen molar-refractivity contribution < 1.29 is 5.11 Å². The number of aromatic hydroxyl groups is 1. The molecule has 0 aliphatic heterocycles. The highest BCUT2D eigenvalue weighted by Gasteiger charge is 1.93. The van der Waals surface area contributed by atoms with Gasteiger partial charge in [0.25, 0.3) is 0 Å². The Bertz CT molecular complexity index is 274. The van der Waals surface area contributed by atoms with Crippen LogP contribution in [-0.4, -0.2) is 17.0 Å². The monoisotopic (exact) mass is 285 g/mol. The highest BCUT2D eigenvalue weighted by Crippen LogP contribution is 2.13. The van der Waals surface area contributed by atoms with E-state index in [9.17, 15) is 0 Å². The SMILES string of the molecule is Oc1ccc(NCCCCCCCBr)cc1. The van der Waals surface area contributed by atoms with E-state index in [2.05, 4.69) is 21.2 Å². The lowest BCUT2D eigenvalue weighted by atomic mass is 10.1. The summed E-state index contributed by atoms with van der Waals surface area (Å²) >= 11 is 3.44. The van der Waals surface area contributed by atoms with Crippen molar-refractivity contribution in [2.24, 2.45) is 0 Å². The highest BCUT2D eigenvalue weighted by atomic mass is 79.9. The van der Waals surface area contributed by atoms with Gasteiger partial charge in [-0.1, -0.05) is 35.2 Å². The fraction of sp³-hybridized carbons (Fsp3) is 0.538. The fourth-order valence-electron chi connectivity index (χ4n) is 1.56. The molecule has 0 spiro atoms. The third-order valence-corrected chi connectivity index (χ3v) is 3.07. The van der Waals surface area contributed by atoms with Crippen LogP contribution in [0.3, 0.4) is 0 Å². The molecule has 0 radical (unpaired) electrons. The van der Waals surface area contributed by atoms with Gasteiger partial charge in [-0.3, -0.25) is 0 Å². The van der Waals surface area contributed by atoms with Crippen LogP contribution in [0, 0.1) is 0 Å². The summed E-state index contributed by atoms with van der Waals surface area (Å²) < 4.78 is 0. The van der Waals surface area contributed by atoms with E-state index in [1.54, 1.807) is 12.1 Å². The van der Waals surface area contributed by atoms with E-state index in [0.29, 0.717) is 5.75 Å². The van der Waals surface area contributed by atoms with Crippen molar-refractivity contribution in [3.63, 3.8) is 0 Å². The number of anilines is 1. The Morgan fingerprint density at radius 3 is 2.25 bits per heavy atom. The molecule has 0 bridgehead atoms. The first-order valence-electron chi connectivity index (χ1n) is 5.92. The molecular formula is C13H20BrNO. The minimum atomic E-state index is 0.320. The second kappa shape index (κ2) is 8.45. The second-order valence-electron chi connectivity index (χ2n) is 3.93. The smallest absolute Gasteiger partial charge is 0.115 e. The molecule has 0 aliphatic rings. The lowest BCUT2D eigenvalue weighted by Gasteiger charge is -2.06. The van der Waals surface area contributed by atoms with Gasteiger partial charge in [0.15, 0.2) is 0 Å². The van der Waals surface area contributed by atoms with Crippen molar-refractivity contribution in [1.29, 1.82) is 0 Å². The minimum absolute atomic E-state index is 0.320. The molecule has 0 atom stereocenters. The molecule has 1 aromatic rings. The summed E-state index contributed by atoms with van der Waals surface area (Å²) in [5, 5.41) is 13.6. The second-order valence-corrected chi connectivity index (χ2v) is 4.72. The van der Waals surface area contributed by atoms with E-state index in [4.69, 9.17) is 5.11 Å².